The summed E-state index contributed by atoms with van der Waals surface area (Å²) in [5.74, 6) is -0.229. The van der Waals surface area contributed by atoms with E-state index in [9.17, 15) is 4.39 Å². The van der Waals surface area contributed by atoms with Gasteiger partial charge in [-0.05, 0) is 48.1 Å². The summed E-state index contributed by atoms with van der Waals surface area (Å²) in [6.07, 6.45) is 1.06. The van der Waals surface area contributed by atoms with Crippen molar-refractivity contribution in [1.82, 2.24) is 4.90 Å². The van der Waals surface area contributed by atoms with Crippen LogP contribution in [0.1, 0.15) is 35.0 Å². The maximum absolute atomic E-state index is 13.3. The minimum absolute atomic E-state index is 0.100. The molecule has 2 atom stereocenters. The van der Waals surface area contributed by atoms with E-state index in [1.54, 1.807) is 0 Å². The van der Waals surface area contributed by atoms with Gasteiger partial charge < -0.3 is 5.73 Å². The first-order chi connectivity index (χ1) is 10.1. The second kappa shape index (κ2) is 6.16. The molecule has 1 aliphatic heterocycles. The van der Waals surface area contributed by atoms with E-state index in [1.807, 2.05) is 17.4 Å². The number of nitrogens with two attached hydrogens (primary N) is 1. The molecule has 2 nitrogen and oxygen atoms in total. The Labute approximate surface area is 136 Å². The van der Waals surface area contributed by atoms with Gasteiger partial charge in [-0.2, -0.15) is 0 Å². The highest BCUT2D eigenvalue weighted by molar-refractivity contribution is 9.10. The molecule has 112 valence electrons. The molecule has 0 saturated heterocycles. The van der Waals surface area contributed by atoms with Gasteiger partial charge >= 0.3 is 0 Å². The summed E-state index contributed by atoms with van der Waals surface area (Å²) in [4.78, 5) is 3.90. The molecule has 0 amide bonds. The smallest absolute Gasteiger partial charge is 0.124 e. The van der Waals surface area contributed by atoms with Crippen molar-refractivity contribution in [3.8, 4) is 0 Å². The van der Waals surface area contributed by atoms with Crippen LogP contribution in [0, 0.1) is 5.82 Å². The lowest BCUT2D eigenvalue weighted by molar-refractivity contribution is 0.138. The third-order valence-electron chi connectivity index (χ3n) is 4.27. The van der Waals surface area contributed by atoms with Crippen LogP contribution in [0.3, 0.4) is 0 Å². The van der Waals surface area contributed by atoms with Gasteiger partial charge in [0, 0.05) is 34.5 Å². The lowest BCUT2D eigenvalue weighted by Gasteiger charge is -2.39. The van der Waals surface area contributed by atoms with Crippen molar-refractivity contribution in [1.29, 1.82) is 0 Å². The van der Waals surface area contributed by atoms with Gasteiger partial charge in [-0.3, -0.25) is 4.90 Å². The normalized spacial score (nSPS) is 20.3. The van der Waals surface area contributed by atoms with Gasteiger partial charge in [0.1, 0.15) is 5.82 Å². The monoisotopic (exact) mass is 368 g/mol. The second-order valence-corrected chi connectivity index (χ2v) is 7.24. The minimum Gasteiger partial charge on any atom is -0.329 e. The molecule has 2 unspecified atom stereocenters. The average molecular weight is 369 g/mol. The van der Waals surface area contributed by atoms with Crippen molar-refractivity contribution in [2.24, 2.45) is 5.73 Å². The molecule has 1 aromatic heterocycles. The molecule has 2 heterocycles. The Morgan fingerprint density at radius 3 is 3.00 bits per heavy atom. The molecule has 0 radical (unpaired) electrons. The predicted molar refractivity (Wildman–Crippen MR) is 89.0 cm³/mol. The first-order valence-electron chi connectivity index (χ1n) is 7.09. The summed E-state index contributed by atoms with van der Waals surface area (Å²) in [6, 6.07) is 7.51. The second-order valence-electron chi connectivity index (χ2n) is 5.38. The maximum Gasteiger partial charge on any atom is 0.124 e. The summed E-state index contributed by atoms with van der Waals surface area (Å²) in [7, 11) is 0. The van der Waals surface area contributed by atoms with Gasteiger partial charge in [0.25, 0.3) is 0 Å². The molecule has 0 fully saturated rings. The Hall–Kier alpha value is -0.750. The minimum atomic E-state index is -0.229. The number of thiophene rings is 1. The molecule has 3 rings (SSSR count). The highest BCUT2D eigenvalue weighted by atomic mass is 79.9. The van der Waals surface area contributed by atoms with Gasteiger partial charge in [0.15, 0.2) is 0 Å². The van der Waals surface area contributed by atoms with Crippen molar-refractivity contribution in [3.05, 3.63) is 55.9 Å². The molecule has 5 heteroatoms. The lowest BCUT2D eigenvalue weighted by atomic mass is 9.96. The lowest BCUT2D eigenvalue weighted by Crippen LogP contribution is -2.39. The van der Waals surface area contributed by atoms with Gasteiger partial charge in [-0.25, -0.2) is 4.39 Å². The number of hydrogen-bond acceptors (Lipinski definition) is 3. The largest absolute Gasteiger partial charge is 0.329 e. The molecule has 2 N–H and O–H groups in total. The van der Waals surface area contributed by atoms with Crippen LogP contribution in [-0.4, -0.2) is 18.0 Å². The van der Waals surface area contributed by atoms with Gasteiger partial charge in [0.05, 0.1) is 0 Å². The summed E-state index contributed by atoms with van der Waals surface area (Å²) < 4.78 is 14.1. The summed E-state index contributed by atoms with van der Waals surface area (Å²) in [5, 5.41) is 2.16. The van der Waals surface area contributed by atoms with Gasteiger partial charge in [0.2, 0.25) is 0 Å². The van der Waals surface area contributed by atoms with Crippen LogP contribution in [-0.2, 0) is 6.42 Å². The number of halogens is 2. The fourth-order valence-electron chi connectivity index (χ4n) is 3.17. The molecule has 0 saturated carbocycles. The zero-order valence-corrected chi connectivity index (χ0v) is 14.3. The fraction of sp³-hybridized carbons (Fsp3) is 0.375. The Morgan fingerprint density at radius 1 is 1.48 bits per heavy atom. The van der Waals surface area contributed by atoms with E-state index in [-0.39, 0.29) is 11.9 Å². The van der Waals surface area contributed by atoms with E-state index < -0.39 is 0 Å². The summed E-state index contributed by atoms with van der Waals surface area (Å²) >= 11 is 5.31. The molecule has 0 bridgehead atoms. The fourth-order valence-corrected chi connectivity index (χ4v) is 4.75. The molecule has 21 heavy (non-hydrogen) atoms. The first kappa shape index (κ1) is 15.2. The molecule has 0 spiro atoms. The van der Waals surface area contributed by atoms with Gasteiger partial charge in [-0.15, -0.1) is 11.3 Å². The van der Waals surface area contributed by atoms with E-state index >= 15 is 0 Å². The molecular formula is C16H18BrFN2S. The Balaban J connectivity index is 1.94. The molecule has 2 aromatic rings. The number of fused-ring (bicyclic) bond motifs is 1. The highest BCUT2D eigenvalue weighted by Gasteiger charge is 2.31. The van der Waals surface area contributed by atoms with Gasteiger partial charge in [-0.1, -0.05) is 22.0 Å². The SMILES string of the molecule is CC1c2ccsc2CCN1C(CN)c1ccc(F)cc1Br. The summed E-state index contributed by atoms with van der Waals surface area (Å²) in [6.45, 7) is 3.74. The molecule has 1 aromatic carbocycles. The van der Waals surface area contributed by atoms with E-state index in [0.717, 1.165) is 23.0 Å². The van der Waals surface area contributed by atoms with Crippen molar-refractivity contribution in [2.45, 2.75) is 25.4 Å². The highest BCUT2D eigenvalue weighted by Crippen LogP contribution is 2.39. The number of hydrogen-bond donors (Lipinski definition) is 1. The van der Waals surface area contributed by atoms with Crippen molar-refractivity contribution < 1.29 is 4.39 Å². The zero-order chi connectivity index (χ0) is 15.0. The quantitative estimate of drug-likeness (QED) is 0.876. The van der Waals surface area contributed by atoms with Crippen molar-refractivity contribution in [3.63, 3.8) is 0 Å². The van der Waals surface area contributed by atoms with E-state index in [4.69, 9.17) is 5.73 Å². The van der Waals surface area contributed by atoms with Crippen LogP contribution < -0.4 is 5.73 Å². The van der Waals surface area contributed by atoms with Crippen LogP contribution in [0.15, 0.2) is 34.1 Å². The van der Waals surface area contributed by atoms with Crippen LogP contribution >= 0.6 is 27.3 Å². The Kier molecular flexibility index (Phi) is 4.45. The van der Waals surface area contributed by atoms with Crippen LogP contribution in [0.4, 0.5) is 4.39 Å². The third kappa shape index (κ3) is 2.80. The van der Waals surface area contributed by atoms with E-state index in [1.165, 1.54) is 22.6 Å². The van der Waals surface area contributed by atoms with Crippen LogP contribution in [0.2, 0.25) is 0 Å². The summed E-state index contributed by atoms with van der Waals surface area (Å²) in [5.41, 5.74) is 8.51. The first-order valence-corrected chi connectivity index (χ1v) is 8.76. The number of benzene rings is 1. The third-order valence-corrected chi connectivity index (χ3v) is 5.95. The van der Waals surface area contributed by atoms with Crippen molar-refractivity contribution in [2.75, 3.05) is 13.1 Å². The van der Waals surface area contributed by atoms with E-state index in [0.29, 0.717) is 12.6 Å². The molecule has 0 aliphatic carbocycles. The number of rotatable bonds is 3. The average Bonchev–Trinajstić information content (AvgIpc) is 2.93. The topological polar surface area (TPSA) is 29.3 Å². The maximum atomic E-state index is 13.3. The van der Waals surface area contributed by atoms with Crippen LogP contribution in [0.5, 0.6) is 0 Å². The van der Waals surface area contributed by atoms with Crippen LogP contribution in [0.25, 0.3) is 0 Å². The Morgan fingerprint density at radius 2 is 2.29 bits per heavy atom. The Bertz CT molecular complexity index is 643. The molecule has 1 aliphatic rings. The zero-order valence-electron chi connectivity index (χ0n) is 11.9. The number of nitrogens with zero attached hydrogens (tertiary/aromatic N) is 1. The standard InChI is InChI=1S/C16H18BrFN2S/c1-10-12-5-7-21-16(12)4-6-20(10)15(9-19)13-3-2-11(18)8-14(13)17/h2-3,5,7-8,10,15H,4,6,9,19H2,1H3. The molecular weight excluding hydrogens is 351 g/mol. The predicted octanol–water partition coefficient (Wildman–Crippen LogP) is 4.27. The van der Waals surface area contributed by atoms with Crippen molar-refractivity contribution >= 4 is 27.3 Å². The van der Waals surface area contributed by atoms with E-state index in [2.05, 4.69) is 39.2 Å².